The number of hydrogen-bond donors (Lipinski definition) is 1. The van der Waals surface area contributed by atoms with Crippen molar-refractivity contribution in [3.05, 3.63) is 18.7 Å². The summed E-state index contributed by atoms with van der Waals surface area (Å²) >= 11 is 0. The second kappa shape index (κ2) is 5.83. The van der Waals surface area contributed by atoms with Gasteiger partial charge in [-0.05, 0) is 12.8 Å². The van der Waals surface area contributed by atoms with E-state index in [1.54, 1.807) is 30.3 Å². The number of anilines is 1. The van der Waals surface area contributed by atoms with Crippen LogP contribution in [0.5, 0.6) is 6.01 Å². The maximum absolute atomic E-state index is 5.61. The fraction of sp³-hybridized carbons (Fsp3) is 0.500. The molecule has 2 aromatic heterocycles. The number of nitrogens with zero attached hydrogens (tertiary/aromatic N) is 5. The summed E-state index contributed by atoms with van der Waals surface area (Å²) < 4.78 is 12.8. The van der Waals surface area contributed by atoms with Crippen molar-refractivity contribution in [2.45, 2.75) is 18.9 Å². The minimum Gasteiger partial charge on any atom is -0.461 e. The van der Waals surface area contributed by atoms with Crippen LogP contribution in [0.25, 0.3) is 5.95 Å². The van der Waals surface area contributed by atoms with Crippen LogP contribution in [0.4, 0.5) is 5.95 Å². The second-order valence-electron chi connectivity index (χ2n) is 4.41. The van der Waals surface area contributed by atoms with Crippen molar-refractivity contribution in [1.29, 1.82) is 0 Å². The molecule has 0 aromatic carbocycles. The molecular formula is C12H16N6O2. The van der Waals surface area contributed by atoms with Gasteiger partial charge in [0.05, 0.1) is 6.10 Å². The van der Waals surface area contributed by atoms with Gasteiger partial charge in [-0.3, -0.25) is 4.57 Å². The molecule has 1 N–H and O–H groups in total. The van der Waals surface area contributed by atoms with Gasteiger partial charge in [0.1, 0.15) is 12.9 Å². The highest BCUT2D eigenvalue weighted by molar-refractivity contribution is 5.29. The van der Waals surface area contributed by atoms with E-state index in [9.17, 15) is 0 Å². The molecule has 1 aliphatic heterocycles. The van der Waals surface area contributed by atoms with Crippen molar-refractivity contribution in [3.63, 3.8) is 0 Å². The van der Waals surface area contributed by atoms with E-state index in [2.05, 4.69) is 25.3 Å². The van der Waals surface area contributed by atoms with E-state index < -0.39 is 0 Å². The Morgan fingerprint density at radius 3 is 3.10 bits per heavy atom. The van der Waals surface area contributed by atoms with Crippen molar-refractivity contribution in [1.82, 2.24) is 24.5 Å². The largest absolute Gasteiger partial charge is 0.461 e. The first-order chi connectivity index (χ1) is 9.85. The first-order valence-corrected chi connectivity index (χ1v) is 6.52. The molecule has 0 radical (unpaired) electrons. The quantitative estimate of drug-likeness (QED) is 0.858. The van der Waals surface area contributed by atoms with Crippen molar-refractivity contribution in [3.8, 4) is 12.0 Å². The average molecular weight is 276 g/mol. The Morgan fingerprint density at radius 1 is 1.45 bits per heavy atom. The number of nitrogens with one attached hydrogen (secondary N) is 1. The molecule has 106 valence electrons. The van der Waals surface area contributed by atoms with Crippen LogP contribution >= 0.6 is 0 Å². The molecule has 1 saturated heterocycles. The molecule has 8 heteroatoms. The van der Waals surface area contributed by atoms with Gasteiger partial charge in [-0.25, -0.2) is 4.98 Å². The summed E-state index contributed by atoms with van der Waals surface area (Å²) in [5.74, 6) is 0.912. The molecule has 0 spiro atoms. The molecule has 3 heterocycles. The molecule has 1 unspecified atom stereocenters. The summed E-state index contributed by atoms with van der Waals surface area (Å²) in [5.41, 5.74) is 0. The molecule has 0 bridgehead atoms. The molecule has 20 heavy (non-hydrogen) atoms. The first kappa shape index (κ1) is 12.8. The zero-order chi connectivity index (χ0) is 13.8. The lowest BCUT2D eigenvalue weighted by Gasteiger charge is -2.11. The number of ether oxygens (including phenoxy) is 2. The van der Waals surface area contributed by atoms with E-state index in [1.165, 1.54) is 0 Å². The summed E-state index contributed by atoms with van der Waals surface area (Å²) in [6.07, 6.45) is 7.26. The van der Waals surface area contributed by atoms with Crippen LogP contribution in [0.2, 0.25) is 0 Å². The van der Waals surface area contributed by atoms with E-state index in [-0.39, 0.29) is 12.1 Å². The predicted molar refractivity (Wildman–Crippen MR) is 71.0 cm³/mol. The Morgan fingerprint density at radius 2 is 2.40 bits per heavy atom. The van der Waals surface area contributed by atoms with E-state index >= 15 is 0 Å². The molecule has 0 saturated carbocycles. The van der Waals surface area contributed by atoms with Crippen LogP contribution in [0.15, 0.2) is 18.7 Å². The van der Waals surface area contributed by atoms with Crippen molar-refractivity contribution >= 4 is 5.95 Å². The van der Waals surface area contributed by atoms with E-state index in [0.717, 1.165) is 19.4 Å². The lowest BCUT2D eigenvalue weighted by atomic mass is 10.2. The van der Waals surface area contributed by atoms with E-state index in [1.807, 2.05) is 0 Å². The molecule has 2 aromatic rings. The Bertz CT molecular complexity index is 553. The minimum atomic E-state index is 0.126. The van der Waals surface area contributed by atoms with E-state index in [0.29, 0.717) is 18.5 Å². The highest BCUT2D eigenvalue weighted by Gasteiger charge is 2.17. The smallest absolute Gasteiger partial charge is 0.323 e. The number of rotatable bonds is 5. The highest BCUT2D eigenvalue weighted by Crippen LogP contribution is 2.15. The van der Waals surface area contributed by atoms with Crippen LogP contribution in [0.1, 0.15) is 12.8 Å². The molecule has 1 aliphatic rings. The topological polar surface area (TPSA) is 87.0 Å². The summed E-state index contributed by atoms with van der Waals surface area (Å²) in [6.45, 7) is 1.25. The summed E-state index contributed by atoms with van der Waals surface area (Å²) in [5, 5.41) is 2.89. The fourth-order valence-corrected chi connectivity index (χ4v) is 1.96. The van der Waals surface area contributed by atoms with Gasteiger partial charge in [-0.2, -0.15) is 15.0 Å². The standard InChI is InChI=1S/C12H16N6O2/c1-13-10-15-11(18-5-4-14-8-18)17-12(16-10)20-7-9-3-2-6-19-9/h4-5,8-9H,2-3,6-7H2,1H3,(H,13,15,16,17). The predicted octanol–water partition coefficient (Wildman–Crippen LogP) is 0.657. The zero-order valence-electron chi connectivity index (χ0n) is 11.2. The maximum Gasteiger partial charge on any atom is 0.323 e. The summed E-state index contributed by atoms with van der Waals surface area (Å²) in [4.78, 5) is 16.7. The number of aromatic nitrogens is 5. The van der Waals surface area contributed by atoms with Gasteiger partial charge in [0, 0.05) is 26.0 Å². The molecule has 1 fully saturated rings. The van der Waals surface area contributed by atoms with Crippen molar-refractivity contribution in [2.75, 3.05) is 25.6 Å². The zero-order valence-corrected chi connectivity index (χ0v) is 11.2. The maximum atomic E-state index is 5.61. The van der Waals surface area contributed by atoms with Crippen LogP contribution in [-0.2, 0) is 4.74 Å². The normalized spacial score (nSPS) is 18.1. The lowest BCUT2D eigenvalue weighted by Crippen LogP contribution is -2.18. The molecule has 3 rings (SSSR count). The minimum absolute atomic E-state index is 0.126. The molecule has 0 aliphatic carbocycles. The highest BCUT2D eigenvalue weighted by atomic mass is 16.5. The van der Waals surface area contributed by atoms with E-state index in [4.69, 9.17) is 9.47 Å². The van der Waals surface area contributed by atoms with Gasteiger partial charge in [-0.1, -0.05) is 0 Å². The lowest BCUT2D eigenvalue weighted by molar-refractivity contribution is 0.0645. The molecule has 1 atom stereocenters. The number of hydrogen-bond acceptors (Lipinski definition) is 7. The number of imidazole rings is 1. The van der Waals surface area contributed by atoms with Crippen molar-refractivity contribution in [2.24, 2.45) is 0 Å². The van der Waals surface area contributed by atoms with Crippen LogP contribution in [0, 0.1) is 0 Å². The Kier molecular flexibility index (Phi) is 3.73. The van der Waals surface area contributed by atoms with Gasteiger partial charge in [0.15, 0.2) is 0 Å². The third kappa shape index (κ3) is 2.85. The Hall–Kier alpha value is -2.22. The van der Waals surface area contributed by atoms with Gasteiger partial charge < -0.3 is 14.8 Å². The first-order valence-electron chi connectivity index (χ1n) is 6.52. The summed E-state index contributed by atoms with van der Waals surface area (Å²) in [6, 6.07) is 0.281. The molecule has 0 amide bonds. The fourth-order valence-electron chi connectivity index (χ4n) is 1.96. The average Bonchev–Trinajstić information content (AvgIpc) is 3.17. The van der Waals surface area contributed by atoms with Crippen LogP contribution < -0.4 is 10.1 Å². The Balaban J connectivity index is 1.77. The second-order valence-corrected chi connectivity index (χ2v) is 4.41. The van der Waals surface area contributed by atoms with Gasteiger partial charge in [-0.15, -0.1) is 0 Å². The molecule has 8 nitrogen and oxygen atoms in total. The SMILES string of the molecule is CNc1nc(OCC2CCCO2)nc(-n2ccnc2)n1. The van der Waals surface area contributed by atoms with Gasteiger partial charge in [0.2, 0.25) is 11.9 Å². The third-order valence-corrected chi connectivity index (χ3v) is 2.98. The van der Waals surface area contributed by atoms with Gasteiger partial charge >= 0.3 is 6.01 Å². The summed E-state index contributed by atoms with van der Waals surface area (Å²) in [7, 11) is 1.75. The monoisotopic (exact) mass is 276 g/mol. The Labute approximate surface area is 116 Å². The van der Waals surface area contributed by atoms with Crippen LogP contribution in [0.3, 0.4) is 0 Å². The third-order valence-electron chi connectivity index (χ3n) is 2.98. The van der Waals surface area contributed by atoms with Crippen molar-refractivity contribution < 1.29 is 9.47 Å². The van der Waals surface area contributed by atoms with Crippen LogP contribution in [-0.4, -0.2) is 50.9 Å². The van der Waals surface area contributed by atoms with Gasteiger partial charge in [0.25, 0.3) is 0 Å². The molecular weight excluding hydrogens is 260 g/mol.